The molecular formula is C53H39N3O. The molecule has 3 heterocycles. The minimum absolute atomic E-state index is 0.0739. The first-order valence-electron chi connectivity index (χ1n) is 19.8. The Morgan fingerprint density at radius 3 is 2.33 bits per heavy atom. The van der Waals surface area contributed by atoms with Crippen LogP contribution >= 0.6 is 0 Å². The number of nitrogens with zero attached hydrogens (tertiary/aromatic N) is 3. The molecule has 0 bridgehead atoms. The predicted octanol–water partition coefficient (Wildman–Crippen LogP) is 13.2. The van der Waals surface area contributed by atoms with E-state index in [9.17, 15) is 0 Å². The Hall–Kier alpha value is -7.17. The molecule has 0 saturated heterocycles. The molecule has 57 heavy (non-hydrogen) atoms. The first-order chi connectivity index (χ1) is 28.3. The molecule has 0 spiro atoms. The summed E-state index contributed by atoms with van der Waals surface area (Å²) < 4.78 is 8.87. The van der Waals surface area contributed by atoms with Crippen LogP contribution < -0.4 is 9.64 Å². The summed E-state index contributed by atoms with van der Waals surface area (Å²) in [5.74, 6) is 1.50. The zero-order valence-corrected chi connectivity index (χ0v) is 31.3. The molecule has 0 radical (unpaired) electrons. The summed E-state index contributed by atoms with van der Waals surface area (Å²) in [6.45, 7) is 0. The van der Waals surface area contributed by atoms with Crippen LogP contribution in [0.5, 0.6) is 5.75 Å². The van der Waals surface area contributed by atoms with E-state index in [1.54, 1.807) is 0 Å². The number of allylic oxidation sites excluding steroid dienone is 3. The molecule has 1 aliphatic heterocycles. The Balaban J connectivity index is 0.948. The lowest BCUT2D eigenvalue weighted by Crippen LogP contribution is -2.15. The van der Waals surface area contributed by atoms with Gasteiger partial charge in [-0.25, -0.2) is 0 Å². The van der Waals surface area contributed by atoms with E-state index < -0.39 is 0 Å². The van der Waals surface area contributed by atoms with Crippen LogP contribution in [-0.4, -0.2) is 15.7 Å². The van der Waals surface area contributed by atoms with Crippen molar-refractivity contribution in [3.05, 3.63) is 223 Å². The topological polar surface area (TPSA) is 30.3 Å². The highest BCUT2D eigenvalue weighted by atomic mass is 16.5. The van der Waals surface area contributed by atoms with Crippen molar-refractivity contribution >= 4 is 34.0 Å². The van der Waals surface area contributed by atoms with E-state index in [0.717, 1.165) is 46.0 Å². The van der Waals surface area contributed by atoms with Gasteiger partial charge >= 0.3 is 0 Å². The number of hydrogen-bond acceptors (Lipinski definition) is 3. The van der Waals surface area contributed by atoms with Crippen LogP contribution in [0.25, 0.3) is 44.9 Å². The Morgan fingerprint density at radius 2 is 1.44 bits per heavy atom. The summed E-state index contributed by atoms with van der Waals surface area (Å²) in [6.07, 6.45) is 18.1. The van der Waals surface area contributed by atoms with E-state index >= 15 is 0 Å². The largest absolute Gasteiger partial charge is 0.485 e. The number of pyridine rings is 1. The Kier molecular flexibility index (Phi) is 8.06. The summed E-state index contributed by atoms with van der Waals surface area (Å²) in [5, 5.41) is 1.30. The highest BCUT2D eigenvalue weighted by Gasteiger charge is 2.33. The molecular weight excluding hydrogens is 695 g/mol. The predicted molar refractivity (Wildman–Crippen MR) is 234 cm³/mol. The Bertz CT molecular complexity index is 2870. The van der Waals surface area contributed by atoms with Gasteiger partial charge in [-0.3, -0.25) is 4.98 Å². The molecule has 3 atom stereocenters. The van der Waals surface area contributed by atoms with Crippen LogP contribution in [0, 0.1) is 0 Å². The minimum Gasteiger partial charge on any atom is -0.485 e. The smallest absolute Gasteiger partial charge is 0.128 e. The van der Waals surface area contributed by atoms with Gasteiger partial charge in [-0.05, 0) is 94.9 Å². The minimum atomic E-state index is 0.0739. The summed E-state index contributed by atoms with van der Waals surface area (Å²) in [6, 6.07) is 57.0. The fourth-order valence-corrected chi connectivity index (χ4v) is 9.08. The Labute approximate surface area is 333 Å². The molecule has 2 aliphatic carbocycles. The lowest BCUT2D eigenvalue weighted by atomic mass is 9.85. The molecule has 4 heteroatoms. The molecule has 272 valence electrons. The molecule has 6 aromatic carbocycles. The summed E-state index contributed by atoms with van der Waals surface area (Å²) in [4.78, 5) is 6.70. The number of para-hydroxylation sites is 3. The first kappa shape index (κ1) is 33.2. The van der Waals surface area contributed by atoms with Gasteiger partial charge in [0, 0.05) is 69.6 Å². The van der Waals surface area contributed by atoms with Crippen LogP contribution in [0.1, 0.15) is 34.2 Å². The third-order valence-electron chi connectivity index (χ3n) is 11.8. The SMILES string of the molecule is C1=CC2Oc3cc(-n4c5c(c6ccccc64)CC(c4cccc(-c6ccccc6N(c6ccccc6)c6ccc(-c7cccnc7)cc6)c4)C=C5)ccc3C2C=C1. The molecule has 0 amide bonds. The van der Waals surface area contributed by atoms with Gasteiger partial charge in [-0.1, -0.05) is 127 Å². The second-order valence-corrected chi connectivity index (χ2v) is 15.1. The van der Waals surface area contributed by atoms with Crippen molar-refractivity contribution in [3.8, 4) is 33.7 Å². The van der Waals surface area contributed by atoms with Gasteiger partial charge in [-0.2, -0.15) is 0 Å². The van der Waals surface area contributed by atoms with Crippen molar-refractivity contribution in [2.24, 2.45) is 0 Å². The van der Waals surface area contributed by atoms with E-state index in [-0.39, 0.29) is 17.9 Å². The van der Waals surface area contributed by atoms with E-state index in [1.807, 2.05) is 18.5 Å². The first-order valence-corrected chi connectivity index (χ1v) is 19.8. The maximum atomic E-state index is 6.45. The van der Waals surface area contributed by atoms with Crippen molar-refractivity contribution in [2.45, 2.75) is 24.4 Å². The number of benzene rings is 6. The van der Waals surface area contributed by atoms with Gasteiger partial charge in [0.1, 0.15) is 11.9 Å². The van der Waals surface area contributed by atoms with E-state index in [0.29, 0.717) is 0 Å². The summed E-state index contributed by atoms with van der Waals surface area (Å²) in [7, 11) is 0. The zero-order chi connectivity index (χ0) is 37.7. The number of aromatic nitrogens is 2. The monoisotopic (exact) mass is 733 g/mol. The normalized spacial score (nSPS) is 17.5. The van der Waals surface area contributed by atoms with Gasteiger partial charge in [-0.15, -0.1) is 0 Å². The maximum absolute atomic E-state index is 6.45. The van der Waals surface area contributed by atoms with Crippen molar-refractivity contribution in [1.82, 2.24) is 9.55 Å². The molecule has 0 fully saturated rings. The van der Waals surface area contributed by atoms with Gasteiger partial charge in [0.25, 0.3) is 0 Å². The molecule has 4 nitrogen and oxygen atoms in total. The van der Waals surface area contributed by atoms with Crippen LogP contribution in [0.3, 0.4) is 0 Å². The third kappa shape index (κ3) is 5.80. The highest BCUT2D eigenvalue weighted by molar-refractivity contribution is 5.92. The van der Waals surface area contributed by atoms with E-state index in [1.165, 1.54) is 44.4 Å². The summed E-state index contributed by atoms with van der Waals surface area (Å²) >= 11 is 0. The average Bonchev–Trinajstić information content (AvgIpc) is 3.83. The van der Waals surface area contributed by atoms with Crippen molar-refractivity contribution in [1.29, 1.82) is 0 Å². The summed E-state index contributed by atoms with van der Waals surface area (Å²) in [5.41, 5.74) is 15.5. The number of rotatable bonds is 7. The van der Waals surface area contributed by atoms with E-state index in [4.69, 9.17) is 4.74 Å². The van der Waals surface area contributed by atoms with Crippen molar-refractivity contribution < 1.29 is 4.74 Å². The quantitative estimate of drug-likeness (QED) is 0.163. The molecule has 0 saturated carbocycles. The lowest BCUT2D eigenvalue weighted by Gasteiger charge is -2.28. The second-order valence-electron chi connectivity index (χ2n) is 15.1. The van der Waals surface area contributed by atoms with Gasteiger partial charge in [0.15, 0.2) is 0 Å². The van der Waals surface area contributed by atoms with Crippen molar-refractivity contribution in [3.63, 3.8) is 0 Å². The van der Waals surface area contributed by atoms with Crippen LogP contribution in [0.15, 0.2) is 200 Å². The number of ether oxygens (including phenoxy) is 1. The van der Waals surface area contributed by atoms with Crippen LogP contribution in [-0.2, 0) is 6.42 Å². The van der Waals surface area contributed by atoms with Crippen LogP contribution in [0.4, 0.5) is 17.1 Å². The van der Waals surface area contributed by atoms with Gasteiger partial charge in [0.2, 0.25) is 0 Å². The molecule has 3 unspecified atom stereocenters. The number of fused-ring (bicyclic) bond motifs is 6. The lowest BCUT2D eigenvalue weighted by molar-refractivity contribution is 0.269. The molecule has 8 aromatic rings. The standard InChI is InChI=1S/C53H39N3O/c1-2-15-41(16-3-1)55(42-26-23-36(24-27-42)40-14-11-31-54-35-40)49-20-7-4-17-44(49)39-13-10-12-37(32-39)38-25-30-51-48(33-38)45-18-5-8-21-50(45)56(51)43-28-29-47-46-19-6-9-22-52(46)57-53(47)34-43/h1-32,34-35,38,46,52H,33H2. The highest BCUT2D eigenvalue weighted by Crippen LogP contribution is 2.45. The Morgan fingerprint density at radius 1 is 0.632 bits per heavy atom. The fraction of sp³-hybridized carbons (Fsp3) is 0.0755. The fourth-order valence-electron chi connectivity index (χ4n) is 9.08. The van der Waals surface area contributed by atoms with Gasteiger partial charge < -0.3 is 14.2 Å². The average molecular weight is 734 g/mol. The second kappa shape index (κ2) is 13.8. The molecule has 11 rings (SSSR count). The zero-order valence-electron chi connectivity index (χ0n) is 31.3. The van der Waals surface area contributed by atoms with E-state index in [2.05, 4.69) is 203 Å². The van der Waals surface area contributed by atoms with Crippen molar-refractivity contribution in [2.75, 3.05) is 4.90 Å². The number of hydrogen-bond donors (Lipinski definition) is 0. The van der Waals surface area contributed by atoms with Gasteiger partial charge in [0.05, 0.1) is 11.2 Å². The third-order valence-corrected chi connectivity index (χ3v) is 11.8. The van der Waals surface area contributed by atoms with Crippen LogP contribution in [0.2, 0.25) is 0 Å². The molecule has 2 aromatic heterocycles. The maximum Gasteiger partial charge on any atom is 0.128 e. The molecule has 0 N–H and O–H groups in total. The molecule has 3 aliphatic rings. The number of anilines is 3.